The molecular weight excluding hydrogens is 240 g/mol. The van der Waals surface area contributed by atoms with E-state index >= 15 is 0 Å². The lowest BCUT2D eigenvalue weighted by molar-refractivity contribution is 0.0691. The van der Waals surface area contributed by atoms with E-state index in [0.717, 1.165) is 12.8 Å². The molecule has 0 amide bonds. The van der Waals surface area contributed by atoms with Crippen LogP contribution in [0.1, 0.15) is 35.3 Å². The van der Waals surface area contributed by atoms with E-state index in [1.54, 1.807) is 0 Å². The average molecular weight is 250 g/mol. The predicted molar refractivity (Wildman–Crippen MR) is 56.8 cm³/mol. The Hall–Kier alpha value is -2.22. The van der Waals surface area contributed by atoms with Crippen LogP contribution < -0.4 is 0 Å². The first-order chi connectivity index (χ1) is 8.75. The van der Waals surface area contributed by atoms with Crippen LogP contribution in [0.5, 0.6) is 0 Å². The summed E-state index contributed by atoms with van der Waals surface area (Å²) in [5.74, 6) is -0.605. The van der Waals surface area contributed by atoms with Crippen LogP contribution in [0.3, 0.4) is 0 Å². The second kappa shape index (κ2) is 4.22. The molecule has 1 aliphatic rings. The fourth-order valence-electron chi connectivity index (χ4n) is 1.87. The summed E-state index contributed by atoms with van der Waals surface area (Å²) in [5.41, 5.74) is 0.0665. The first kappa shape index (κ1) is 10.9. The SMILES string of the molecule is O=C(O)c1nc[nH]c1-c1nc(C2CCCO2)no1. The summed E-state index contributed by atoms with van der Waals surface area (Å²) in [4.78, 5) is 21.4. The molecule has 0 radical (unpaired) electrons. The van der Waals surface area contributed by atoms with Gasteiger partial charge in [-0.3, -0.25) is 0 Å². The quantitative estimate of drug-likeness (QED) is 0.835. The molecule has 0 aliphatic carbocycles. The molecule has 94 valence electrons. The minimum atomic E-state index is -1.15. The van der Waals surface area contributed by atoms with Gasteiger partial charge in [-0.1, -0.05) is 5.16 Å². The maximum Gasteiger partial charge on any atom is 0.356 e. The molecule has 1 aliphatic heterocycles. The molecule has 3 heterocycles. The molecule has 0 bridgehead atoms. The van der Waals surface area contributed by atoms with Gasteiger partial charge in [-0.15, -0.1) is 0 Å². The first-order valence-corrected chi connectivity index (χ1v) is 5.48. The van der Waals surface area contributed by atoms with Crippen LogP contribution in [0, 0.1) is 0 Å². The molecule has 2 aromatic heterocycles. The van der Waals surface area contributed by atoms with Crippen LogP contribution in [0.2, 0.25) is 0 Å². The molecule has 0 saturated carbocycles. The van der Waals surface area contributed by atoms with Crippen LogP contribution in [0.25, 0.3) is 11.6 Å². The molecule has 0 spiro atoms. The lowest BCUT2D eigenvalue weighted by Gasteiger charge is -2.00. The lowest BCUT2D eigenvalue weighted by atomic mass is 10.2. The van der Waals surface area contributed by atoms with Gasteiger partial charge < -0.3 is 19.4 Å². The lowest BCUT2D eigenvalue weighted by Crippen LogP contribution is -2.00. The summed E-state index contributed by atoms with van der Waals surface area (Å²) in [7, 11) is 0. The Labute approximate surface area is 101 Å². The molecule has 2 N–H and O–H groups in total. The van der Waals surface area contributed by atoms with Crippen molar-refractivity contribution >= 4 is 5.97 Å². The number of rotatable bonds is 3. The second-order valence-electron chi connectivity index (χ2n) is 3.89. The average Bonchev–Trinajstić information content (AvgIpc) is 3.10. The third-order valence-corrected chi connectivity index (χ3v) is 2.72. The topological polar surface area (TPSA) is 114 Å². The summed E-state index contributed by atoms with van der Waals surface area (Å²) in [6.45, 7) is 0.680. The highest BCUT2D eigenvalue weighted by Crippen LogP contribution is 2.28. The molecule has 2 aromatic rings. The highest BCUT2D eigenvalue weighted by Gasteiger charge is 2.26. The van der Waals surface area contributed by atoms with Crippen molar-refractivity contribution in [2.75, 3.05) is 6.61 Å². The minimum Gasteiger partial charge on any atom is -0.476 e. The van der Waals surface area contributed by atoms with Crippen LogP contribution >= 0.6 is 0 Å². The van der Waals surface area contributed by atoms with Crippen LogP contribution in [-0.2, 0) is 4.74 Å². The molecule has 1 unspecified atom stereocenters. The number of nitrogens with one attached hydrogen (secondary N) is 1. The van der Waals surface area contributed by atoms with Crippen LogP contribution in [0.4, 0.5) is 0 Å². The number of ether oxygens (including phenoxy) is 1. The van der Waals surface area contributed by atoms with E-state index in [0.29, 0.717) is 12.4 Å². The van der Waals surface area contributed by atoms with E-state index in [4.69, 9.17) is 14.4 Å². The summed E-state index contributed by atoms with van der Waals surface area (Å²) >= 11 is 0. The predicted octanol–water partition coefficient (Wildman–Crippen LogP) is 1.01. The summed E-state index contributed by atoms with van der Waals surface area (Å²) < 4.78 is 10.5. The minimum absolute atomic E-state index is 0.107. The van der Waals surface area contributed by atoms with Gasteiger partial charge in [0.1, 0.15) is 11.8 Å². The van der Waals surface area contributed by atoms with Crippen LogP contribution in [0.15, 0.2) is 10.9 Å². The highest BCUT2D eigenvalue weighted by molar-refractivity contribution is 5.91. The van der Waals surface area contributed by atoms with Crippen molar-refractivity contribution in [3.8, 4) is 11.6 Å². The van der Waals surface area contributed by atoms with Gasteiger partial charge in [0, 0.05) is 6.61 Å². The molecule has 3 rings (SSSR count). The zero-order valence-electron chi connectivity index (χ0n) is 9.29. The normalized spacial score (nSPS) is 19.2. The van der Waals surface area contributed by atoms with Gasteiger partial charge in [-0.05, 0) is 12.8 Å². The molecular formula is C10H10N4O4. The number of carboxylic acid groups (broad SMARTS) is 1. The smallest absolute Gasteiger partial charge is 0.356 e. The third-order valence-electron chi connectivity index (χ3n) is 2.72. The highest BCUT2D eigenvalue weighted by atomic mass is 16.5. The summed E-state index contributed by atoms with van der Waals surface area (Å²) in [6, 6.07) is 0. The van der Waals surface area contributed by atoms with Crippen molar-refractivity contribution in [2.45, 2.75) is 18.9 Å². The Bertz CT molecular complexity index is 570. The van der Waals surface area contributed by atoms with Gasteiger partial charge in [0.05, 0.1) is 6.33 Å². The Morgan fingerprint density at radius 1 is 1.56 bits per heavy atom. The van der Waals surface area contributed by atoms with Gasteiger partial charge in [0.25, 0.3) is 5.89 Å². The van der Waals surface area contributed by atoms with Crippen molar-refractivity contribution in [3.63, 3.8) is 0 Å². The monoisotopic (exact) mass is 250 g/mol. The molecule has 1 saturated heterocycles. The molecule has 8 heteroatoms. The fourth-order valence-corrected chi connectivity index (χ4v) is 1.87. The number of carboxylic acids is 1. The number of hydrogen-bond donors (Lipinski definition) is 2. The Morgan fingerprint density at radius 2 is 2.44 bits per heavy atom. The number of carbonyl (C=O) groups is 1. The van der Waals surface area contributed by atoms with E-state index in [1.165, 1.54) is 6.33 Å². The number of nitrogens with zero attached hydrogens (tertiary/aromatic N) is 3. The van der Waals surface area contributed by atoms with E-state index < -0.39 is 5.97 Å². The standard InChI is InChI=1S/C10H10N4O4/c15-10(16)7-6(11-4-12-7)9-13-8(14-18-9)5-2-1-3-17-5/h4-5H,1-3H2,(H,11,12)(H,15,16). The van der Waals surface area contributed by atoms with Crippen molar-refractivity contribution in [2.24, 2.45) is 0 Å². The zero-order chi connectivity index (χ0) is 12.5. The van der Waals surface area contributed by atoms with Crippen molar-refractivity contribution in [3.05, 3.63) is 17.8 Å². The number of imidazole rings is 1. The van der Waals surface area contributed by atoms with Gasteiger partial charge in [0.2, 0.25) is 5.82 Å². The maximum atomic E-state index is 10.9. The number of hydrogen-bond acceptors (Lipinski definition) is 6. The Balaban J connectivity index is 1.92. The molecule has 1 atom stereocenters. The number of aromatic carboxylic acids is 1. The molecule has 18 heavy (non-hydrogen) atoms. The van der Waals surface area contributed by atoms with E-state index in [2.05, 4.69) is 20.1 Å². The number of aromatic nitrogens is 4. The molecule has 8 nitrogen and oxygen atoms in total. The summed E-state index contributed by atoms with van der Waals surface area (Å²) in [6.07, 6.45) is 2.90. The van der Waals surface area contributed by atoms with Crippen LogP contribution in [-0.4, -0.2) is 37.8 Å². The zero-order valence-corrected chi connectivity index (χ0v) is 9.29. The van der Waals surface area contributed by atoms with Gasteiger partial charge in [0.15, 0.2) is 5.69 Å². The van der Waals surface area contributed by atoms with Crippen molar-refractivity contribution < 1.29 is 19.2 Å². The largest absolute Gasteiger partial charge is 0.476 e. The third kappa shape index (κ3) is 1.76. The van der Waals surface area contributed by atoms with Gasteiger partial charge in [-0.2, -0.15) is 4.98 Å². The summed E-state index contributed by atoms with van der Waals surface area (Å²) in [5, 5.41) is 12.7. The van der Waals surface area contributed by atoms with E-state index in [9.17, 15) is 4.79 Å². The molecule has 1 fully saturated rings. The van der Waals surface area contributed by atoms with E-state index in [-0.39, 0.29) is 23.4 Å². The maximum absolute atomic E-state index is 10.9. The van der Waals surface area contributed by atoms with Gasteiger partial charge in [-0.25, -0.2) is 9.78 Å². The Morgan fingerprint density at radius 3 is 3.17 bits per heavy atom. The fraction of sp³-hybridized carbons (Fsp3) is 0.400. The van der Waals surface area contributed by atoms with Crippen molar-refractivity contribution in [1.29, 1.82) is 0 Å². The second-order valence-corrected chi connectivity index (χ2v) is 3.89. The Kier molecular flexibility index (Phi) is 2.56. The van der Waals surface area contributed by atoms with Crippen molar-refractivity contribution in [1.82, 2.24) is 20.1 Å². The number of aromatic amines is 1. The number of H-pyrrole nitrogens is 1. The first-order valence-electron chi connectivity index (χ1n) is 5.48. The molecule has 0 aromatic carbocycles. The van der Waals surface area contributed by atoms with E-state index in [1.807, 2.05) is 0 Å². The van der Waals surface area contributed by atoms with Gasteiger partial charge >= 0.3 is 5.97 Å².